The number of carboxylic acids is 1. The number of rotatable bonds is 4. The van der Waals surface area contributed by atoms with Crippen LogP contribution in [0.2, 0.25) is 0 Å². The number of nitrogens with zero attached hydrogens (tertiary/aromatic N) is 1. The molecule has 2 amide bonds. The van der Waals surface area contributed by atoms with Crippen LogP contribution >= 0.6 is 34.4 Å². The molecule has 0 unspecified atom stereocenters. The summed E-state index contributed by atoms with van der Waals surface area (Å²) < 4.78 is 0. The Hall–Kier alpha value is -1.91. The van der Waals surface area contributed by atoms with Crippen LogP contribution in [-0.2, 0) is 14.4 Å². The molecule has 10 heteroatoms. The summed E-state index contributed by atoms with van der Waals surface area (Å²) in [7, 11) is 0. The van der Waals surface area contributed by atoms with Crippen molar-refractivity contribution < 1.29 is 19.5 Å². The number of thioether (sulfide) groups is 1. The Morgan fingerprint density at radius 1 is 1.20 bits per heavy atom. The van der Waals surface area contributed by atoms with Gasteiger partial charge in [-0.1, -0.05) is 17.4 Å². The molecule has 2 aliphatic carbocycles. The van der Waals surface area contributed by atoms with Crippen molar-refractivity contribution in [3.63, 3.8) is 0 Å². The zero-order valence-electron chi connectivity index (χ0n) is 15.6. The van der Waals surface area contributed by atoms with Gasteiger partial charge in [0, 0.05) is 27.5 Å². The van der Waals surface area contributed by atoms with E-state index in [2.05, 4.69) is 11.1 Å². The summed E-state index contributed by atoms with van der Waals surface area (Å²) in [4.78, 5) is 55.7. The number of hydrogen-bond acceptors (Lipinski definition) is 7. The Kier molecular flexibility index (Phi) is 4.11. The number of carbonyl (C=O) groups excluding carboxylic acids is 2. The van der Waals surface area contributed by atoms with Crippen LogP contribution in [0.1, 0.15) is 28.5 Å². The van der Waals surface area contributed by atoms with E-state index in [-0.39, 0.29) is 70.4 Å². The number of carboxylic acid groups (broad SMARTS) is 1. The van der Waals surface area contributed by atoms with Crippen LogP contribution < -0.4 is 4.87 Å². The Bertz CT molecular complexity index is 1120. The summed E-state index contributed by atoms with van der Waals surface area (Å²) in [5.74, 6) is -1.65. The lowest BCUT2D eigenvalue weighted by atomic mass is 9.69. The number of hydrogen-bond donors (Lipinski definition) is 2. The van der Waals surface area contributed by atoms with Crippen molar-refractivity contribution in [2.24, 2.45) is 29.6 Å². The number of carbonyl (C=O) groups is 3. The van der Waals surface area contributed by atoms with E-state index in [1.54, 1.807) is 23.1 Å². The lowest BCUT2D eigenvalue weighted by molar-refractivity contribution is -0.142. The SMILES string of the molecule is O=C(O)CCN1C(=O)[C@@H]2[C@@H]3C[C@@H]([C@H]4Sc5[nH]c(=O)sc5[C@@H](c5cccs5)[C@@H]34)[C@@H]2C1=O. The molecular formula is C20H18N2O5S3. The lowest BCUT2D eigenvalue weighted by Crippen LogP contribution is -2.42. The maximum atomic E-state index is 13.2. The highest BCUT2D eigenvalue weighted by molar-refractivity contribution is 8.00. The molecule has 156 valence electrons. The minimum absolute atomic E-state index is 0.0447. The molecule has 2 bridgehead atoms. The molecule has 2 aromatic rings. The van der Waals surface area contributed by atoms with Crippen LogP contribution in [0.25, 0.3) is 0 Å². The molecule has 0 radical (unpaired) electrons. The van der Waals surface area contributed by atoms with Gasteiger partial charge >= 0.3 is 10.8 Å². The van der Waals surface area contributed by atoms with Gasteiger partial charge in [-0.2, -0.15) is 0 Å². The first kappa shape index (κ1) is 18.8. The number of imide groups is 1. The first-order valence-corrected chi connectivity index (χ1v) is 12.5. The van der Waals surface area contributed by atoms with Crippen LogP contribution in [0.15, 0.2) is 27.3 Å². The number of amides is 2. The molecule has 7 atom stereocenters. The average Bonchev–Trinajstić information content (AvgIpc) is 3.48. The quantitative estimate of drug-likeness (QED) is 0.676. The minimum Gasteiger partial charge on any atom is -0.481 e. The molecule has 2 saturated carbocycles. The van der Waals surface area contributed by atoms with Crippen molar-refractivity contribution in [3.05, 3.63) is 36.9 Å². The number of aromatic amines is 1. The predicted octanol–water partition coefficient (Wildman–Crippen LogP) is 2.45. The van der Waals surface area contributed by atoms with Crippen LogP contribution in [0.3, 0.4) is 0 Å². The second kappa shape index (κ2) is 6.54. The van der Waals surface area contributed by atoms with Crippen molar-refractivity contribution in [1.29, 1.82) is 0 Å². The summed E-state index contributed by atoms with van der Waals surface area (Å²) in [5, 5.41) is 12.1. The van der Waals surface area contributed by atoms with E-state index in [0.29, 0.717) is 0 Å². The number of aliphatic carboxylic acids is 1. The normalized spacial score (nSPS) is 36.1. The average molecular weight is 463 g/mol. The number of aromatic nitrogens is 1. The first-order valence-electron chi connectivity index (χ1n) is 9.95. The standard InChI is InChI=1S/C20H18N2O5S3/c23-10(24)3-4-22-18(25)12-7-6-8(13(12)19(22)26)15-11(7)14(9-2-1-5-28-9)16-17(29-15)21-20(27)30-16/h1-2,5,7-8,11-15H,3-4,6H2,(H,21,27)(H,23,24)/t7-,8-,11-,12-,13+,14+,15-/m1/s1. The maximum absolute atomic E-state index is 13.2. The molecule has 0 spiro atoms. The number of nitrogens with one attached hydrogen (secondary N) is 1. The van der Waals surface area contributed by atoms with E-state index >= 15 is 0 Å². The van der Waals surface area contributed by atoms with Gasteiger partial charge in [-0.3, -0.25) is 24.1 Å². The van der Waals surface area contributed by atoms with Gasteiger partial charge in [-0.25, -0.2) is 0 Å². The Balaban J connectivity index is 1.40. The third-order valence-electron chi connectivity index (χ3n) is 7.21. The maximum Gasteiger partial charge on any atom is 0.305 e. The van der Waals surface area contributed by atoms with Gasteiger partial charge < -0.3 is 10.1 Å². The molecule has 2 aromatic heterocycles. The number of H-pyrrole nitrogens is 1. The third kappa shape index (κ3) is 2.44. The van der Waals surface area contributed by atoms with Crippen molar-refractivity contribution in [2.75, 3.05) is 6.54 Å². The second-order valence-corrected chi connectivity index (χ2v) is 11.6. The Labute approximate surface area is 183 Å². The number of thiazole rings is 1. The van der Waals surface area contributed by atoms with Gasteiger partial charge in [0.2, 0.25) is 11.8 Å². The number of fused-ring (bicyclic) bond motifs is 9. The van der Waals surface area contributed by atoms with Gasteiger partial charge in [0.15, 0.2) is 0 Å². The third-order valence-corrected chi connectivity index (χ3v) is 10.8. The summed E-state index contributed by atoms with van der Waals surface area (Å²) in [6.07, 6.45) is 0.632. The van der Waals surface area contributed by atoms with E-state index in [1.807, 2.05) is 11.4 Å². The molecule has 7 nitrogen and oxygen atoms in total. The molecule has 2 N–H and O–H groups in total. The van der Waals surface area contributed by atoms with Crippen LogP contribution in [0.5, 0.6) is 0 Å². The van der Waals surface area contributed by atoms with Gasteiger partial charge in [0.25, 0.3) is 0 Å². The van der Waals surface area contributed by atoms with E-state index in [0.717, 1.165) is 16.3 Å². The van der Waals surface area contributed by atoms with E-state index in [4.69, 9.17) is 5.11 Å². The van der Waals surface area contributed by atoms with Gasteiger partial charge in [0.05, 0.1) is 23.3 Å². The van der Waals surface area contributed by atoms with Crippen LogP contribution in [-0.4, -0.2) is 44.6 Å². The fourth-order valence-corrected chi connectivity index (χ4v) is 10.1. The summed E-state index contributed by atoms with van der Waals surface area (Å²) >= 11 is 4.60. The van der Waals surface area contributed by atoms with Crippen molar-refractivity contribution in [1.82, 2.24) is 9.88 Å². The summed E-state index contributed by atoms with van der Waals surface area (Å²) in [6, 6.07) is 4.11. The molecule has 6 rings (SSSR count). The Morgan fingerprint density at radius 2 is 1.97 bits per heavy atom. The predicted molar refractivity (Wildman–Crippen MR) is 112 cm³/mol. The number of likely N-dealkylation sites (tertiary alicyclic amines) is 1. The van der Waals surface area contributed by atoms with Crippen molar-refractivity contribution >= 4 is 52.2 Å². The molecule has 2 aliphatic heterocycles. The monoisotopic (exact) mass is 462 g/mol. The highest BCUT2D eigenvalue weighted by Gasteiger charge is 2.69. The second-order valence-electron chi connectivity index (χ2n) is 8.45. The fraction of sp³-hybridized carbons (Fsp3) is 0.500. The number of thiophene rings is 1. The molecule has 4 heterocycles. The first-order chi connectivity index (χ1) is 14.5. The zero-order valence-corrected chi connectivity index (χ0v) is 18.1. The summed E-state index contributed by atoms with van der Waals surface area (Å²) in [6.45, 7) is -0.0447. The van der Waals surface area contributed by atoms with Gasteiger partial charge in [-0.15, -0.1) is 23.1 Å². The molecule has 4 aliphatic rings. The molecule has 0 aromatic carbocycles. The smallest absolute Gasteiger partial charge is 0.305 e. The van der Waals surface area contributed by atoms with E-state index in [1.165, 1.54) is 21.1 Å². The topological polar surface area (TPSA) is 108 Å². The van der Waals surface area contributed by atoms with E-state index < -0.39 is 5.97 Å². The molecule has 30 heavy (non-hydrogen) atoms. The lowest BCUT2D eigenvalue weighted by Gasteiger charge is -2.42. The highest BCUT2D eigenvalue weighted by Crippen LogP contribution is 2.68. The van der Waals surface area contributed by atoms with Gasteiger partial charge in [0.1, 0.15) is 0 Å². The van der Waals surface area contributed by atoms with Crippen molar-refractivity contribution in [3.8, 4) is 0 Å². The summed E-state index contributed by atoms with van der Waals surface area (Å²) in [5.41, 5.74) is 0. The Morgan fingerprint density at radius 3 is 2.67 bits per heavy atom. The molecule has 3 fully saturated rings. The van der Waals surface area contributed by atoms with Crippen LogP contribution in [0, 0.1) is 29.6 Å². The largest absolute Gasteiger partial charge is 0.481 e. The van der Waals surface area contributed by atoms with Crippen LogP contribution in [0.4, 0.5) is 0 Å². The fourth-order valence-electron chi connectivity index (χ4n) is 6.29. The van der Waals surface area contributed by atoms with Crippen molar-refractivity contribution in [2.45, 2.75) is 29.0 Å². The van der Waals surface area contributed by atoms with Gasteiger partial charge in [-0.05, 0) is 35.6 Å². The van der Waals surface area contributed by atoms with E-state index in [9.17, 15) is 19.2 Å². The molecule has 1 saturated heterocycles. The zero-order chi connectivity index (χ0) is 20.7. The highest BCUT2D eigenvalue weighted by atomic mass is 32.2. The minimum atomic E-state index is -1.01. The molecular weight excluding hydrogens is 444 g/mol.